The van der Waals surface area contributed by atoms with E-state index in [1.807, 2.05) is 24.3 Å². The zero-order valence-corrected chi connectivity index (χ0v) is 15.7. The molecule has 0 heterocycles. The molecule has 2 rings (SSSR count). The van der Waals surface area contributed by atoms with Gasteiger partial charge in [0, 0.05) is 20.9 Å². The Hall–Kier alpha value is -1.52. The molecule has 0 aliphatic carbocycles. The molecule has 0 unspecified atom stereocenters. The Labute approximate surface area is 152 Å². The molecule has 2 aromatic carbocycles. The summed E-state index contributed by atoms with van der Waals surface area (Å²) < 4.78 is 0. The Morgan fingerprint density at radius 2 is 1.00 bits per heavy atom. The molecule has 0 aliphatic heterocycles. The lowest BCUT2D eigenvalue weighted by atomic mass is 10.0. The largest absolute Gasteiger partial charge is 0.285 e. The summed E-state index contributed by atoms with van der Waals surface area (Å²) >= 11 is 3.51. The number of thioether (sulfide) groups is 2. The Morgan fingerprint density at radius 1 is 0.667 bits per heavy atom. The number of rotatable bonds is 9. The van der Waals surface area contributed by atoms with Crippen LogP contribution in [0.2, 0.25) is 0 Å². The highest BCUT2D eigenvalue weighted by Crippen LogP contribution is 2.21. The van der Waals surface area contributed by atoms with Crippen LogP contribution in [0.25, 0.3) is 0 Å². The fraction of sp³-hybridized carbons (Fsp3) is 0.300. The van der Waals surface area contributed by atoms with Crippen LogP contribution in [-0.2, 0) is 0 Å². The lowest BCUT2D eigenvalue weighted by Crippen LogP contribution is -2.14. The molecular formula is C20H22O2S2. The van der Waals surface area contributed by atoms with E-state index in [-0.39, 0.29) is 0 Å². The lowest BCUT2D eigenvalue weighted by molar-refractivity contribution is 0.0817. The van der Waals surface area contributed by atoms with Crippen molar-refractivity contribution in [3.8, 4) is 0 Å². The van der Waals surface area contributed by atoms with Crippen molar-refractivity contribution >= 4 is 35.1 Å². The van der Waals surface area contributed by atoms with E-state index in [2.05, 4.69) is 13.8 Å². The lowest BCUT2D eigenvalue weighted by Gasteiger charge is -2.04. The summed E-state index contributed by atoms with van der Waals surface area (Å²) in [6.45, 7) is 4.27. The van der Waals surface area contributed by atoms with Crippen molar-refractivity contribution < 1.29 is 9.59 Å². The standard InChI is InChI=1S/C20H22O2S2/c1-3-13-23-17-9-5-15(6-10-17)19(21)20(22)16-7-11-18(12-8-16)24-14-4-2/h5-12H,3-4,13-14H2,1-2H3. The highest BCUT2D eigenvalue weighted by molar-refractivity contribution is 7.99. The SMILES string of the molecule is CCCSc1ccc(C(=O)C(=O)c2ccc(SCCC)cc2)cc1. The Bertz CT molecular complexity index is 614. The highest BCUT2D eigenvalue weighted by atomic mass is 32.2. The Morgan fingerprint density at radius 3 is 1.29 bits per heavy atom. The third-order valence-electron chi connectivity index (χ3n) is 3.38. The maximum atomic E-state index is 12.4. The van der Waals surface area contributed by atoms with Crippen molar-refractivity contribution in [1.82, 2.24) is 0 Å². The number of hydrogen-bond donors (Lipinski definition) is 0. The molecule has 0 amide bonds. The van der Waals surface area contributed by atoms with E-state index in [0.717, 1.165) is 34.1 Å². The van der Waals surface area contributed by atoms with Crippen LogP contribution in [0.15, 0.2) is 58.3 Å². The first-order chi connectivity index (χ1) is 11.7. The first-order valence-electron chi connectivity index (χ1n) is 8.20. The number of Topliss-reactive ketones (excluding diaryl/α,β-unsaturated/α-hetero) is 2. The van der Waals surface area contributed by atoms with Crippen molar-refractivity contribution in [3.63, 3.8) is 0 Å². The van der Waals surface area contributed by atoms with Gasteiger partial charge in [0.05, 0.1) is 0 Å². The van der Waals surface area contributed by atoms with Gasteiger partial charge in [0.1, 0.15) is 0 Å². The van der Waals surface area contributed by atoms with Gasteiger partial charge in [0.25, 0.3) is 0 Å². The van der Waals surface area contributed by atoms with Gasteiger partial charge in [-0.15, -0.1) is 23.5 Å². The van der Waals surface area contributed by atoms with Crippen molar-refractivity contribution in [3.05, 3.63) is 59.7 Å². The summed E-state index contributed by atoms with van der Waals surface area (Å²) in [4.78, 5) is 27.0. The second-order valence-electron chi connectivity index (χ2n) is 5.40. The molecular weight excluding hydrogens is 336 g/mol. The monoisotopic (exact) mass is 358 g/mol. The van der Waals surface area contributed by atoms with E-state index >= 15 is 0 Å². The van der Waals surface area contributed by atoms with E-state index in [0.29, 0.717) is 11.1 Å². The van der Waals surface area contributed by atoms with Gasteiger partial charge in [0.15, 0.2) is 0 Å². The fourth-order valence-corrected chi connectivity index (χ4v) is 3.64. The van der Waals surface area contributed by atoms with Crippen molar-refractivity contribution in [2.45, 2.75) is 36.5 Å². The van der Waals surface area contributed by atoms with Crippen molar-refractivity contribution in [2.24, 2.45) is 0 Å². The minimum Gasteiger partial charge on any atom is -0.285 e. The number of carbonyl (C=O) groups is 2. The van der Waals surface area contributed by atoms with Crippen LogP contribution < -0.4 is 0 Å². The fourth-order valence-electron chi connectivity index (χ4n) is 2.11. The quantitative estimate of drug-likeness (QED) is 0.324. The topological polar surface area (TPSA) is 34.1 Å². The number of ketones is 2. The second kappa shape index (κ2) is 9.70. The van der Waals surface area contributed by atoms with E-state index in [1.165, 1.54) is 0 Å². The van der Waals surface area contributed by atoms with Crippen molar-refractivity contribution in [2.75, 3.05) is 11.5 Å². The third kappa shape index (κ3) is 5.25. The smallest absolute Gasteiger partial charge is 0.233 e. The Kier molecular flexibility index (Phi) is 7.60. The molecule has 0 fully saturated rings. The van der Waals surface area contributed by atoms with Crippen LogP contribution in [0.3, 0.4) is 0 Å². The zero-order chi connectivity index (χ0) is 17.4. The maximum absolute atomic E-state index is 12.4. The highest BCUT2D eigenvalue weighted by Gasteiger charge is 2.18. The maximum Gasteiger partial charge on any atom is 0.233 e. The summed E-state index contributed by atoms with van der Waals surface area (Å²) in [6, 6.07) is 14.6. The van der Waals surface area contributed by atoms with Crippen LogP contribution in [0.1, 0.15) is 47.4 Å². The molecule has 2 nitrogen and oxygen atoms in total. The molecule has 0 spiro atoms. The van der Waals surface area contributed by atoms with Gasteiger partial charge in [-0.2, -0.15) is 0 Å². The Balaban J connectivity index is 2.04. The van der Waals surface area contributed by atoms with Crippen LogP contribution >= 0.6 is 23.5 Å². The molecule has 0 atom stereocenters. The number of hydrogen-bond acceptors (Lipinski definition) is 4. The van der Waals surface area contributed by atoms with Gasteiger partial charge in [-0.3, -0.25) is 9.59 Å². The molecule has 4 heteroatoms. The molecule has 0 bridgehead atoms. The van der Waals surface area contributed by atoms with E-state index < -0.39 is 11.6 Å². The van der Waals surface area contributed by atoms with Crippen LogP contribution in [0.4, 0.5) is 0 Å². The van der Waals surface area contributed by atoms with Crippen LogP contribution in [0.5, 0.6) is 0 Å². The van der Waals surface area contributed by atoms with Crippen LogP contribution in [-0.4, -0.2) is 23.1 Å². The number of benzene rings is 2. The summed E-state index contributed by atoms with van der Waals surface area (Å²) in [6.07, 6.45) is 2.22. The second-order valence-corrected chi connectivity index (χ2v) is 7.74. The summed E-state index contributed by atoms with van der Waals surface area (Å²) in [5.41, 5.74) is 0.899. The van der Waals surface area contributed by atoms with E-state index in [9.17, 15) is 9.59 Å². The molecule has 126 valence electrons. The molecule has 0 radical (unpaired) electrons. The summed E-state index contributed by atoms with van der Waals surface area (Å²) in [5.74, 6) is 1.20. The normalized spacial score (nSPS) is 10.6. The van der Waals surface area contributed by atoms with Crippen LogP contribution in [0, 0.1) is 0 Å². The van der Waals surface area contributed by atoms with Gasteiger partial charge >= 0.3 is 0 Å². The predicted octanol–water partition coefficient (Wildman–Crippen LogP) is 5.76. The minimum absolute atomic E-state index is 0.448. The predicted molar refractivity (Wildman–Crippen MR) is 104 cm³/mol. The minimum atomic E-state index is -0.448. The zero-order valence-electron chi connectivity index (χ0n) is 14.1. The van der Waals surface area contributed by atoms with Gasteiger partial charge in [-0.1, -0.05) is 13.8 Å². The molecule has 0 N–H and O–H groups in total. The van der Waals surface area contributed by atoms with E-state index in [4.69, 9.17) is 0 Å². The number of carbonyl (C=O) groups excluding carboxylic acids is 2. The van der Waals surface area contributed by atoms with Gasteiger partial charge in [-0.25, -0.2) is 0 Å². The average molecular weight is 359 g/mol. The van der Waals surface area contributed by atoms with Gasteiger partial charge < -0.3 is 0 Å². The summed E-state index contributed by atoms with van der Waals surface area (Å²) in [5, 5.41) is 0. The van der Waals surface area contributed by atoms with Crippen molar-refractivity contribution in [1.29, 1.82) is 0 Å². The first-order valence-corrected chi connectivity index (χ1v) is 10.2. The van der Waals surface area contributed by atoms with Gasteiger partial charge in [-0.05, 0) is 72.9 Å². The molecule has 0 aliphatic rings. The first kappa shape index (κ1) is 18.8. The van der Waals surface area contributed by atoms with Gasteiger partial charge in [0.2, 0.25) is 11.6 Å². The van der Waals surface area contributed by atoms with E-state index in [1.54, 1.807) is 47.8 Å². The molecule has 24 heavy (non-hydrogen) atoms. The third-order valence-corrected chi connectivity index (χ3v) is 5.82. The molecule has 0 saturated carbocycles. The molecule has 0 aromatic heterocycles. The average Bonchev–Trinajstić information content (AvgIpc) is 2.64. The summed E-state index contributed by atoms with van der Waals surface area (Å²) in [7, 11) is 0. The molecule has 2 aromatic rings. The molecule has 0 saturated heterocycles.